The van der Waals surface area contributed by atoms with Crippen LogP contribution in [-0.2, 0) is 14.3 Å². The lowest BCUT2D eigenvalue weighted by Gasteiger charge is -2.37. The van der Waals surface area contributed by atoms with Crippen LogP contribution in [0.1, 0.15) is 25.7 Å². The maximum atomic E-state index is 11.5. The molecule has 0 spiro atoms. The number of nitrogens with one attached hydrogen (secondary N) is 1. The molecule has 1 aliphatic carbocycles. The third kappa shape index (κ3) is 3.77. The molecule has 0 atom stereocenters. The number of amides is 1. The minimum absolute atomic E-state index is 0.0312. The molecular weight excluding hydrogens is 196 g/mol. The monoisotopic (exact) mass is 216 g/mol. The summed E-state index contributed by atoms with van der Waals surface area (Å²) in [5, 5.41) is 2.74. The fourth-order valence-electron chi connectivity index (χ4n) is 1.65. The van der Waals surface area contributed by atoms with Crippen LogP contribution >= 0.6 is 0 Å². The summed E-state index contributed by atoms with van der Waals surface area (Å²) >= 11 is 0. The summed E-state index contributed by atoms with van der Waals surface area (Å²) in [5.74, 6) is -0.0312. The highest BCUT2D eigenvalue weighted by Gasteiger charge is 2.34. The van der Waals surface area contributed by atoms with Gasteiger partial charge in [-0.1, -0.05) is 0 Å². The highest BCUT2D eigenvalue weighted by atomic mass is 16.7. The topological polar surface area (TPSA) is 73.6 Å². The van der Waals surface area contributed by atoms with E-state index < -0.39 is 0 Å². The molecule has 0 aromatic carbocycles. The fraction of sp³-hybridized carbons (Fsp3) is 0.900. The molecule has 0 unspecified atom stereocenters. The Morgan fingerprint density at radius 3 is 2.47 bits per heavy atom. The first kappa shape index (κ1) is 12.4. The van der Waals surface area contributed by atoms with E-state index in [2.05, 4.69) is 5.32 Å². The van der Waals surface area contributed by atoms with Gasteiger partial charge in [0, 0.05) is 26.2 Å². The van der Waals surface area contributed by atoms with Crippen molar-refractivity contribution >= 4 is 5.91 Å². The lowest BCUT2D eigenvalue weighted by Crippen LogP contribution is -2.50. The maximum absolute atomic E-state index is 11.5. The van der Waals surface area contributed by atoms with Crippen molar-refractivity contribution in [2.45, 2.75) is 37.5 Å². The molecule has 1 amide bonds. The van der Waals surface area contributed by atoms with E-state index >= 15 is 0 Å². The van der Waals surface area contributed by atoms with Crippen molar-refractivity contribution < 1.29 is 14.3 Å². The highest BCUT2D eigenvalue weighted by Crippen LogP contribution is 2.31. The fourth-order valence-corrected chi connectivity index (χ4v) is 1.65. The highest BCUT2D eigenvalue weighted by molar-refractivity contribution is 5.77. The number of rotatable bonds is 6. The molecule has 1 saturated carbocycles. The van der Waals surface area contributed by atoms with E-state index in [9.17, 15) is 4.79 Å². The van der Waals surface area contributed by atoms with Gasteiger partial charge in [0.2, 0.25) is 5.91 Å². The summed E-state index contributed by atoms with van der Waals surface area (Å²) in [6.07, 6.45) is 3.02. The average molecular weight is 216 g/mol. The van der Waals surface area contributed by atoms with E-state index in [1.54, 1.807) is 0 Å². The first-order valence-electron chi connectivity index (χ1n) is 5.21. The van der Waals surface area contributed by atoms with Crippen LogP contribution in [-0.4, -0.2) is 38.5 Å². The number of carbonyl (C=O) groups is 1. The lowest BCUT2D eigenvalue weighted by molar-refractivity contribution is -0.129. The molecular formula is C10H20N2O3. The van der Waals surface area contributed by atoms with Gasteiger partial charge in [0.25, 0.3) is 0 Å². The Bertz CT molecular complexity index is 213. The molecule has 15 heavy (non-hydrogen) atoms. The van der Waals surface area contributed by atoms with E-state index in [1.165, 1.54) is 14.2 Å². The van der Waals surface area contributed by atoms with Crippen LogP contribution in [0.5, 0.6) is 0 Å². The number of methoxy groups -OCH3 is 2. The molecule has 0 aliphatic heterocycles. The van der Waals surface area contributed by atoms with Crippen molar-refractivity contribution in [2.75, 3.05) is 20.8 Å². The van der Waals surface area contributed by atoms with E-state index in [0.717, 1.165) is 19.3 Å². The number of ether oxygens (including phenoxy) is 2. The zero-order chi connectivity index (χ0) is 11.3. The second-order valence-electron chi connectivity index (χ2n) is 4.10. The summed E-state index contributed by atoms with van der Waals surface area (Å²) in [6.45, 7) is 0.363. The Kier molecular flexibility index (Phi) is 4.50. The molecule has 0 aromatic rings. The van der Waals surface area contributed by atoms with Crippen molar-refractivity contribution in [2.24, 2.45) is 5.73 Å². The van der Waals surface area contributed by atoms with Gasteiger partial charge in [-0.2, -0.15) is 0 Å². The zero-order valence-corrected chi connectivity index (χ0v) is 9.41. The minimum atomic E-state index is -0.385. The van der Waals surface area contributed by atoms with Crippen LogP contribution in [0.4, 0.5) is 0 Å². The van der Waals surface area contributed by atoms with Gasteiger partial charge in [-0.25, -0.2) is 0 Å². The van der Waals surface area contributed by atoms with Gasteiger partial charge < -0.3 is 20.5 Å². The smallest absolute Gasteiger partial charge is 0.222 e. The summed E-state index contributed by atoms with van der Waals surface area (Å²) < 4.78 is 9.90. The number of hydrogen-bond acceptors (Lipinski definition) is 4. The van der Waals surface area contributed by atoms with Crippen molar-refractivity contribution in [1.82, 2.24) is 5.32 Å². The molecule has 88 valence electrons. The van der Waals surface area contributed by atoms with Crippen LogP contribution in [0.25, 0.3) is 0 Å². The molecule has 0 heterocycles. The minimum Gasteiger partial charge on any atom is -0.354 e. The van der Waals surface area contributed by atoms with Crippen molar-refractivity contribution in [3.05, 3.63) is 0 Å². The molecule has 1 fully saturated rings. The van der Waals surface area contributed by atoms with Crippen LogP contribution in [0.2, 0.25) is 0 Å². The van der Waals surface area contributed by atoms with Gasteiger partial charge >= 0.3 is 0 Å². The van der Waals surface area contributed by atoms with E-state index in [4.69, 9.17) is 15.2 Å². The number of hydrogen-bond donors (Lipinski definition) is 2. The largest absolute Gasteiger partial charge is 0.354 e. The second-order valence-corrected chi connectivity index (χ2v) is 4.10. The zero-order valence-electron chi connectivity index (χ0n) is 9.41. The van der Waals surface area contributed by atoms with Crippen molar-refractivity contribution in [1.29, 1.82) is 0 Å². The Hall–Kier alpha value is -0.650. The Balaban J connectivity index is 2.18. The van der Waals surface area contributed by atoms with Gasteiger partial charge in [-0.3, -0.25) is 4.79 Å². The number of carbonyl (C=O) groups excluding carboxylic acids is 1. The number of nitrogens with two attached hydrogens (primary N) is 1. The van der Waals surface area contributed by atoms with Gasteiger partial charge in [-0.15, -0.1) is 0 Å². The molecule has 0 bridgehead atoms. The SMILES string of the molecule is COC(CNC(=O)CC1(N)CCC1)OC. The third-order valence-electron chi connectivity index (χ3n) is 2.85. The predicted molar refractivity (Wildman–Crippen MR) is 56.2 cm³/mol. The van der Waals surface area contributed by atoms with E-state index in [-0.39, 0.29) is 17.7 Å². The van der Waals surface area contributed by atoms with Gasteiger partial charge in [-0.05, 0) is 19.3 Å². The molecule has 0 aromatic heterocycles. The summed E-state index contributed by atoms with van der Waals surface area (Å²) in [5.41, 5.74) is 5.69. The maximum Gasteiger partial charge on any atom is 0.222 e. The van der Waals surface area contributed by atoms with Crippen LogP contribution in [0, 0.1) is 0 Å². The van der Waals surface area contributed by atoms with Crippen LogP contribution in [0.3, 0.4) is 0 Å². The average Bonchev–Trinajstić information content (AvgIpc) is 2.17. The standard InChI is InChI=1S/C10H20N2O3/c1-14-9(15-2)7-12-8(13)6-10(11)4-3-5-10/h9H,3-7,11H2,1-2H3,(H,12,13). The first-order chi connectivity index (χ1) is 7.09. The normalized spacial score (nSPS) is 18.7. The Labute approximate surface area is 90.3 Å². The molecule has 3 N–H and O–H groups in total. The van der Waals surface area contributed by atoms with E-state index in [1.807, 2.05) is 0 Å². The molecule has 1 aliphatic rings. The molecule has 1 rings (SSSR count). The summed E-state index contributed by atoms with van der Waals surface area (Å²) in [4.78, 5) is 11.5. The lowest BCUT2D eigenvalue weighted by atomic mass is 9.75. The van der Waals surface area contributed by atoms with Crippen molar-refractivity contribution in [3.63, 3.8) is 0 Å². The molecule has 5 heteroatoms. The first-order valence-corrected chi connectivity index (χ1v) is 5.21. The van der Waals surface area contributed by atoms with Gasteiger partial charge in [0.1, 0.15) is 0 Å². The Morgan fingerprint density at radius 2 is 2.07 bits per heavy atom. The summed E-state index contributed by atoms with van der Waals surface area (Å²) in [6, 6.07) is 0. The van der Waals surface area contributed by atoms with Gasteiger partial charge in [0.15, 0.2) is 6.29 Å². The summed E-state index contributed by atoms with van der Waals surface area (Å²) in [7, 11) is 3.08. The third-order valence-corrected chi connectivity index (χ3v) is 2.85. The van der Waals surface area contributed by atoms with Gasteiger partial charge in [0.05, 0.1) is 6.54 Å². The van der Waals surface area contributed by atoms with Crippen molar-refractivity contribution in [3.8, 4) is 0 Å². The van der Waals surface area contributed by atoms with Crippen LogP contribution in [0.15, 0.2) is 0 Å². The quantitative estimate of drug-likeness (QED) is 0.613. The molecule has 0 saturated heterocycles. The molecule has 5 nitrogen and oxygen atoms in total. The molecule has 0 radical (unpaired) electrons. The predicted octanol–water partition coefficient (Wildman–Crippen LogP) is -0.00700. The second kappa shape index (κ2) is 5.44. The Morgan fingerprint density at radius 1 is 1.47 bits per heavy atom. The van der Waals surface area contributed by atoms with E-state index in [0.29, 0.717) is 13.0 Å². The van der Waals surface area contributed by atoms with Crippen LogP contribution < -0.4 is 11.1 Å².